The Balaban J connectivity index is 1.95. The molecule has 7 nitrogen and oxygen atoms in total. The first kappa shape index (κ1) is 17.3. The number of aryl methyl sites for hydroxylation is 1. The highest BCUT2D eigenvalue weighted by atomic mass is 19.4. The van der Waals surface area contributed by atoms with Gasteiger partial charge in [0.15, 0.2) is 5.82 Å². The minimum absolute atomic E-state index is 0.0495. The zero-order chi connectivity index (χ0) is 17.7. The fourth-order valence-electron chi connectivity index (χ4n) is 1.73. The van der Waals surface area contributed by atoms with Gasteiger partial charge in [-0.3, -0.25) is 14.9 Å². The summed E-state index contributed by atoms with van der Waals surface area (Å²) in [6, 6.07) is 6.67. The number of hydrogen-bond acceptors (Lipinski definition) is 5. The Kier molecular flexibility index (Phi) is 5.07. The maximum atomic E-state index is 12.3. The van der Waals surface area contributed by atoms with Gasteiger partial charge in [0.25, 0.3) is 0 Å². The summed E-state index contributed by atoms with van der Waals surface area (Å²) in [6.07, 6.45) is -4.86. The Morgan fingerprint density at radius 3 is 2.58 bits per heavy atom. The van der Waals surface area contributed by atoms with E-state index in [1.54, 1.807) is 6.92 Å². The smallest absolute Gasteiger partial charge is 0.405 e. The first-order valence-corrected chi connectivity index (χ1v) is 6.61. The molecule has 0 saturated carbocycles. The largest absolute Gasteiger partial charge is 0.573 e. The lowest BCUT2D eigenvalue weighted by atomic mass is 10.2. The summed E-state index contributed by atoms with van der Waals surface area (Å²) in [6.45, 7) is 1.27. The van der Waals surface area contributed by atoms with Gasteiger partial charge in [-0.15, -0.1) is 13.2 Å². The van der Waals surface area contributed by atoms with Crippen LogP contribution in [0.3, 0.4) is 0 Å². The van der Waals surface area contributed by atoms with Gasteiger partial charge in [0.1, 0.15) is 11.5 Å². The van der Waals surface area contributed by atoms with Crippen molar-refractivity contribution in [1.29, 1.82) is 0 Å². The number of aromatic nitrogens is 1. The predicted molar refractivity (Wildman–Crippen MR) is 74.8 cm³/mol. The average Bonchev–Trinajstić information content (AvgIpc) is 2.89. The Labute approximate surface area is 133 Å². The first-order chi connectivity index (χ1) is 11.2. The number of carbonyl (C=O) groups excluding carboxylic acids is 2. The van der Waals surface area contributed by atoms with E-state index < -0.39 is 23.9 Å². The SMILES string of the molecule is Cc1cc(NC(=O)C(=O)NCc2ccccc2OC(F)(F)F)no1. The number of nitrogens with zero attached hydrogens (tertiary/aromatic N) is 1. The number of para-hydroxylation sites is 1. The van der Waals surface area contributed by atoms with Crippen LogP contribution in [0.25, 0.3) is 0 Å². The minimum atomic E-state index is -4.86. The third-order valence-corrected chi connectivity index (χ3v) is 2.71. The van der Waals surface area contributed by atoms with Crippen LogP contribution in [-0.2, 0) is 16.1 Å². The van der Waals surface area contributed by atoms with Gasteiger partial charge < -0.3 is 14.6 Å². The second-order valence-electron chi connectivity index (χ2n) is 4.62. The fourth-order valence-corrected chi connectivity index (χ4v) is 1.73. The van der Waals surface area contributed by atoms with E-state index in [4.69, 9.17) is 4.52 Å². The molecule has 1 aromatic carbocycles. The van der Waals surface area contributed by atoms with Crippen LogP contribution >= 0.6 is 0 Å². The number of hydrogen-bond donors (Lipinski definition) is 2. The molecule has 0 atom stereocenters. The van der Waals surface area contributed by atoms with E-state index in [1.807, 2.05) is 0 Å². The maximum absolute atomic E-state index is 12.3. The van der Waals surface area contributed by atoms with Crippen LogP contribution < -0.4 is 15.4 Å². The molecule has 24 heavy (non-hydrogen) atoms. The number of anilines is 1. The van der Waals surface area contributed by atoms with Crippen molar-refractivity contribution in [3.8, 4) is 5.75 Å². The third kappa shape index (κ3) is 5.00. The molecule has 2 aromatic rings. The van der Waals surface area contributed by atoms with E-state index >= 15 is 0 Å². The number of carbonyl (C=O) groups is 2. The minimum Gasteiger partial charge on any atom is -0.405 e. The number of ether oxygens (including phenoxy) is 1. The lowest BCUT2D eigenvalue weighted by Crippen LogP contribution is -2.35. The van der Waals surface area contributed by atoms with E-state index in [1.165, 1.54) is 24.3 Å². The zero-order valence-corrected chi connectivity index (χ0v) is 12.3. The topological polar surface area (TPSA) is 93.5 Å². The number of halogens is 3. The van der Waals surface area contributed by atoms with Gasteiger partial charge >= 0.3 is 18.2 Å². The lowest BCUT2D eigenvalue weighted by Gasteiger charge is -2.13. The number of benzene rings is 1. The molecular weight excluding hydrogens is 331 g/mol. The summed E-state index contributed by atoms with van der Waals surface area (Å²) in [5.41, 5.74) is 0.0632. The lowest BCUT2D eigenvalue weighted by molar-refractivity contribution is -0.274. The van der Waals surface area contributed by atoms with Gasteiger partial charge in [0.2, 0.25) is 0 Å². The standard InChI is InChI=1S/C14H12F3N3O4/c1-8-6-11(20-24-8)19-13(22)12(21)18-7-9-4-2-3-5-10(9)23-14(15,16)17/h2-6H,7H2,1H3,(H,18,21)(H,19,20,22). The zero-order valence-electron chi connectivity index (χ0n) is 12.3. The Bertz CT molecular complexity index is 743. The quantitative estimate of drug-likeness (QED) is 0.830. The van der Waals surface area contributed by atoms with E-state index in [2.05, 4.69) is 20.5 Å². The van der Waals surface area contributed by atoms with Crippen LogP contribution in [-0.4, -0.2) is 23.3 Å². The number of amides is 2. The van der Waals surface area contributed by atoms with E-state index in [0.29, 0.717) is 5.76 Å². The average molecular weight is 343 g/mol. The second kappa shape index (κ2) is 7.02. The molecule has 128 valence electrons. The van der Waals surface area contributed by atoms with Crippen molar-refractivity contribution in [3.05, 3.63) is 41.7 Å². The molecule has 0 aliphatic rings. The van der Waals surface area contributed by atoms with Crippen LogP contribution in [0.5, 0.6) is 5.75 Å². The molecular formula is C14H12F3N3O4. The monoisotopic (exact) mass is 343 g/mol. The van der Waals surface area contributed by atoms with Crippen molar-refractivity contribution >= 4 is 17.6 Å². The van der Waals surface area contributed by atoms with Crippen LogP contribution in [0.4, 0.5) is 19.0 Å². The van der Waals surface area contributed by atoms with Crippen molar-refractivity contribution < 1.29 is 32.0 Å². The van der Waals surface area contributed by atoms with Gasteiger partial charge in [-0.05, 0) is 13.0 Å². The van der Waals surface area contributed by atoms with Gasteiger partial charge in [-0.25, -0.2) is 0 Å². The normalized spacial score (nSPS) is 11.0. The summed E-state index contributed by atoms with van der Waals surface area (Å²) in [5.74, 6) is -2.05. The molecule has 0 spiro atoms. The van der Waals surface area contributed by atoms with Crippen molar-refractivity contribution in [3.63, 3.8) is 0 Å². The van der Waals surface area contributed by atoms with E-state index in [-0.39, 0.29) is 17.9 Å². The van der Waals surface area contributed by atoms with Crippen LogP contribution in [0, 0.1) is 6.92 Å². The van der Waals surface area contributed by atoms with Crippen molar-refractivity contribution in [2.75, 3.05) is 5.32 Å². The molecule has 2 amide bonds. The highest BCUT2D eigenvalue weighted by Gasteiger charge is 2.32. The molecule has 0 radical (unpaired) electrons. The first-order valence-electron chi connectivity index (χ1n) is 6.61. The molecule has 1 heterocycles. The molecule has 2 N–H and O–H groups in total. The van der Waals surface area contributed by atoms with Gasteiger partial charge in [-0.2, -0.15) is 0 Å². The third-order valence-electron chi connectivity index (χ3n) is 2.71. The van der Waals surface area contributed by atoms with Crippen molar-refractivity contribution in [1.82, 2.24) is 10.5 Å². The number of alkyl halides is 3. The van der Waals surface area contributed by atoms with Crippen LogP contribution in [0.1, 0.15) is 11.3 Å². The molecule has 0 aliphatic carbocycles. The number of nitrogens with one attached hydrogen (secondary N) is 2. The molecule has 0 fully saturated rings. The molecule has 0 unspecified atom stereocenters. The second-order valence-corrected chi connectivity index (χ2v) is 4.62. The van der Waals surface area contributed by atoms with Crippen LogP contribution in [0.15, 0.2) is 34.9 Å². The molecule has 0 bridgehead atoms. The van der Waals surface area contributed by atoms with Gasteiger partial charge in [0, 0.05) is 18.2 Å². The molecule has 10 heteroatoms. The number of rotatable bonds is 4. The van der Waals surface area contributed by atoms with Crippen molar-refractivity contribution in [2.45, 2.75) is 19.8 Å². The molecule has 0 saturated heterocycles. The van der Waals surface area contributed by atoms with Crippen molar-refractivity contribution in [2.24, 2.45) is 0 Å². The van der Waals surface area contributed by atoms with Gasteiger partial charge in [-0.1, -0.05) is 23.4 Å². The summed E-state index contributed by atoms with van der Waals surface area (Å²) in [5, 5.41) is 7.86. The van der Waals surface area contributed by atoms with Gasteiger partial charge in [0.05, 0.1) is 0 Å². The van der Waals surface area contributed by atoms with E-state index in [0.717, 1.165) is 6.07 Å². The van der Waals surface area contributed by atoms with Crippen LogP contribution in [0.2, 0.25) is 0 Å². The Morgan fingerprint density at radius 1 is 1.25 bits per heavy atom. The summed E-state index contributed by atoms with van der Waals surface area (Å²) < 4.78 is 45.5. The highest BCUT2D eigenvalue weighted by Crippen LogP contribution is 2.26. The maximum Gasteiger partial charge on any atom is 0.573 e. The summed E-state index contributed by atoms with van der Waals surface area (Å²) in [4.78, 5) is 23.3. The Hall–Kier alpha value is -3.04. The highest BCUT2D eigenvalue weighted by molar-refractivity contribution is 6.39. The summed E-state index contributed by atoms with van der Waals surface area (Å²) in [7, 11) is 0. The molecule has 0 aliphatic heterocycles. The predicted octanol–water partition coefficient (Wildman–Crippen LogP) is 2.14. The molecule has 2 rings (SSSR count). The Morgan fingerprint density at radius 2 is 1.96 bits per heavy atom. The van der Waals surface area contributed by atoms with E-state index in [9.17, 15) is 22.8 Å². The molecule has 1 aromatic heterocycles. The summed E-state index contributed by atoms with van der Waals surface area (Å²) >= 11 is 0. The fraction of sp³-hybridized carbons (Fsp3) is 0.214.